The van der Waals surface area contributed by atoms with Crippen LogP contribution in [0.25, 0.3) is 0 Å². The Morgan fingerprint density at radius 1 is 0.964 bits per heavy atom. The van der Waals surface area contributed by atoms with Crippen molar-refractivity contribution in [3.63, 3.8) is 0 Å². The van der Waals surface area contributed by atoms with Crippen molar-refractivity contribution in [3.05, 3.63) is 96.2 Å². The summed E-state index contributed by atoms with van der Waals surface area (Å²) >= 11 is 0. The van der Waals surface area contributed by atoms with Crippen molar-refractivity contribution in [1.29, 1.82) is 0 Å². The van der Waals surface area contributed by atoms with Crippen LogP contribution in [-0.2, 0) is 6.42 Å². The van der Waals surface area contributed by atoms with Crippen molar-refractivity contribution in [2.45, 2.75) is 81.1 Å². The van der Waals surface area contributed by atoms with Crippen LogP contribution in [0.15, 0.2) is 85.0 Å². The molecule has 0 aliphatic rings. The zero-order valence-electron chi connectivity index (χ0n) is 20.1. The average molecular weight is 383 g/mol. The van der Waals surface area contributed by atoms with Gasteiger partial charge in [-0.15, -0.1) is 13.2 Å². The molecule has 0 saturated heterocycles. The Morgan fingerprint density at radius 2 is 1.46 bits per heavy atom. The maximum Gasteiger partial charge on any atom is -0.00266 e. The number of hydrogen-bond donors (Lipinski definition) is 0. The highest BCUT2D eigenvalue weighted by Crippen LogP contribution is 2.15. The smallest absolute Gasteiger partial charge is 0.00266 e. The van der Waals surface area contributed by atoms with Crippen molar-refractivity contribution < 1.29 is 0 Å². The second-order valence-corrected chi connectivity index (χ2v) is 6.59. The molecule has 0 unspecified atom stereocenters. The molecule has 0 nitrogen and oxygen atoms in total. The zero-order chi connectivity index (χ0) is 22.5. The lowest BCUT2D eigenvalue weighted by molar-refractivity contribution is 1.03. The third kappa shape index (κ3) is 18.7. The SMILES string of the molecule is C=C(C)C(=C)Cc1ccccc1C.C=C(C)CC.C=CC/C(=C\C)CC.CC. The molecule has 0 saturated carbocycles. The molecule has 0 heterocycles. The first-order valence-electron chi connectivity index (χ1n) is 10.5. The minimum absolute atomic E-state index is 0.919. The zero-order valence-corrected chi connectivity index (χ0v) is 20.1. The molecular formula is C28H46. The predicted octanol–water partition coefficient (Wildman–Crippen LogP) is 9.59. The number of hydrogen-bond acceptors (Lipinski definition) is 0. The number of aryl methyl sites for hydroxylation is 1. The van der Waals surface area contributed by atoms with E-state index < -0.39 is 0 Å². The minimum Gasteiger partial charge on any atom is -0.103 e. The first-order chi connectivity index (χ1) is 13.2. The molecule has 0 atom stereocenters. The second kappa shape index (κ2) is 21.2. The molecule has 0 aliphatic heterocycles. The van der Waals surface area contributed by atoms with Gasteiger partial charge in [-0.05, 0) is 70.1 Å². The van der Waals surface area contributed by atoms with Crippen LogP contribution in [0.2, 0.25) is 0 Å². The molecule has 0 N–H and O–H groups in total. The van der Waals surface area contributed by atoms with E-state index in [1.54, 1.807) is 0 Å². The Morgan fingerprint density at radius 3 is 1.75 bits per heavy atom. The summed E-state index contributed by atoms with van der Waals surface area (Å²) in [7, 11) is 0. The van der Waals surface area contributed by atoms with Crippen LogP contribution in [0.3, 0.4) is 0 Å². The van der Waals surface area contributed by atoms with Gasteiger partial charge in [-0.2, -0.15) is 0 Å². The fourth-order valence-corrected chi connectivity index (χ4v) is 1.84. The Labute approximate surface area is 177 Å². The van der Waals surface area contributed by atoms with E-state index in [0.29, 0.717) is 0 Å². The van der Waals surface area contributed by atoms with E-state index in [0.717, 1.165) is 36.8 Å². The minimum atomic E-state index is 0.919. The van der Waals surface area contributed by atoms with Crippen LogP contribution < -0.4 is 0 Å². The lowest BCUT2D eigenvalue weighted by Gasteiger charge is -2.07. The molecule has 0 heteroatoms. The molecular weight excluding hydrogens is 336 g/mol. The van der Waals surface area contributed by atoms with Crippen LogP contribution >= 0.6 is 0 Å². The van der Waals surface area contributed by atoms with E-state index in [9.17, 15) is 0 Å². The molecule has 0 bridgehead atoms. The van der Waals surface area contributed by atoms with Gasteiger partial charge in [-0.3, -0.25) is 0 Å². The van der Waals surface area contributed by atoms with Crippen molar-refractivity contribution >= 4 is 0 Å². The second-order valence-electron chi connectivity index (χ2n) is 6.59. The van der Waals surface area contributed by atoms with Gasteiger partial charge in [0.25, 0.3) is 0 Å². The molecule has 1 aromatic rings. The van der Waals surface area contributed by atoms with Crippen LogP contribution in [0, 0.1) is 6.92 Å². The molecule has 158 valence electrons. The lowest BCUT2D eigenvalue weighted by Crippen LogP contribution is -1.92. The summed E-state index contributed by atoms with van der Waals surface area (Å²) < 4.78 is 0. The highest BCUT2D eigenvalue weighted by Gasteiger charge is 2.00. The molecule has 1 rings (SSSR count). The van der Waals surface area contributed by atoms with Gasteiger partial charge in [-0.25, -0.2) is 0 Å². The summed E-state index contributed by atoms with van der Waals surface area (Å²) in [4.78, 5) is 0. The topological polar surface area (TPSA) is 0 Å². The molecule has 0 fully saturated rings. The number of benzene rings is 1. The van der Waals surface area contributed by atoms with Gasteiger partial charge < -0.3 is 0 Å². The molecule has 0 amide bonds. The van der Waals surface area contributed by atoms with Gasteiger partial charge in [0, 0.05) is 0 Å². The summed E-state index contributed by atoms with van der Waals surface area (Å²) in [5.41, 5.74) is 7.59. The molecule has 0 aromatic heterocycles. The lowest BCUT2D eigenvalue weighted by atomic mass is 9.98. The summed E-state index contributed by atoms with van der Waals surface area (Å²) in [6, 6.07) is 8.39. The third-order valence-corrected chi connectivity index (χ3v) is 4.14. The number of rotatable bonds is 7. The quantitative estimate of drug-likeness (QED) is 0.325. The van der Waals surface area contributed by atoms with Crippen molar-refractivity contribution in [1.82, 2.24) is 0 Å². The maximum absolute atomic E-state index is 3.99. The summed E-state index contributed by atoms with van der Waals surface area (Å²) in [6.45, 7) is 31.7. The third-order valence-electron chi connectivity index (χ3n) is 4.14. The Bertz CT molecular complexity index is 596. The van der Waals surface area contributed by atoms with Gasteiger partial charge in [0.05, 0.1) is 0 Å². The highest BCUT2D eigenvalue weighted by molar-refractivity contribution is 5.34. The van der Waals surface area contributed by atoms with Gasteiger partial charge >= 0.3 is 0 Å². The molecule has 0 radical (unpaired) electrons. The van der Waals surface area contributed by atoms with E-state index in [4.69, 9.17) is 0 Å². The van der Waals surface area contributed by atoms with E-state index in [1.807, 2.05) is 33.8 Å². The van der Waals surface area contributed by atoms with Crippen LogP contribution in [0.4, 0.5) is 0 Å². The Balaban J connectivity index is -0.000000357. The van der Waals surface area contributed by atoms with Crippen molar-refractivity contribution in [2.75, 3.05) is 0 Å². The summed E-state index contributed by atoms with van der Waals surface area (Å²) in [5, 5.41) is 0. The maximum atomic E-state index is 3.99. The standard InChI is InChI=1S/C13H16.C8H14.C5H10.C2H6/c1-10(2)12(4)9-13-8-6-5-7-11(13)3;1-4-7-8(5-2)6-3;1-4-5(2)3;1-2/h5-8H,1,4,9H2,2-3H3;4-5H,1,6-7H2,2-3H3;2,4H2,1,3H3;1-2H3/b;8-5-;;. The van der Waals surface area contributed by atoms with Gasteiger partial charge in [0.15, 0.2) is 0 Å². The fourth-order valence-electron chi connectivity index (χ4n) is 1.84. The van der Waals surface area contributed by atoms with Crippen LogP contribution in [0.1, 0.15) is 78.9 Å². The fraction of sp³-hybridized carbons (Fsp3) is 0.429. The summed E-state index contributed by atoms with van der Waals surface area (Å²) in [5.74, 6) is 0. The van der Waals surface area contributed by atoms with Crippen molar-refractivity contribution in [3.8, 4) is 0 Å². The van der Waals surface area contributed by atoms with E-state index in [1.165, 1.54) is 22.3 Å². The Hall–Kier alpha value is -2.08. The molecule has 1 aromatic carbocycles. The predicted molar refractivity (Wildman–Crippen MR) is 134 cm³/mol. The normalized spacial score (nSPS) is 9.36. The van der Waals surface area contributed by atoms with Gasteiger partial charge in [0.1, 0.15) is 0 Å². The first-order valence-corrected chi connectivity index (χ1v) is 10.5. The molecule has 0 spiro atoms. The molecule has 28 heavy (non-hydrogen) atoms. The first kappa shape index (κ1) is 30.6. The largest absolute Gasteiger partial charge is 0.103 e. The molecule has 0 aliphatic carbocycles. The Kier molecular flexibility index (Phi) is 23.2. The van der Waals surface area contributed by atoms with Gasteiger partial charge in [-0.1, -0.05) is 94.0 Å². The van der Waals surface area contributed by atoms with E-state index in [2.05, 4.69) is 84.4 Å². The van der Waals surface area contributed by atoms with E-state index in [-0.39, 0.29) is 0 Å². The van der Waals surface area contributed by atoms with Crippen LogP contribution in [-0.4, -0.2) is 0 Å². The highest BCUT2D eigenvalue weighted by atomic mass is 14.0. The summed E-state index contributed by atoms with van der Waals surface area (Å²) in [6.07, 6.45) is 8.33. The van der Waals surface area contributed by atoms with Crippen LogP contribution in [0.5, 0.6) is 0 Å². The van der Waals surface area contributed by atoms with Gasteiger partial charge in [0.2, 0.25) is 0 Å². The monoisotopic (exact) mass is 382 g/mol. The van der Waals surface area contributed by atoms with Crippen molar-refractivity contribution in [2.24, 2.45) is 0 Å². The number of allylic oxidation sites excluding steroid dienone is 6. The average Bonchev–Trinajstić information content (AvgIpc) is 2.70. The van der Waals surface area contributed by atoms with E-state index >= 15 is 0 Å².